The fraction of sp³-hybridized carbons (Fsp3) is 0.304. The van der Waals surface area contributed by atoms with Crippen LogP contribution in [0.2, 0.25) is 0 Å². The summed E-state index contributed by atoms with van der Waals surface area (Å²) < 4.78 is 17.6. The Morgan fingerprint density at radius 1 is 1.00 bits per heavy atom. The summed E-state index contributed by atoms with van der Waals surface area (Å²) in [6, 6.07) is 21.5. The van der Waals surface area contributed by atoms with Crippen molar-refractivity contribution in [3.8, 4) is 0 Å². The van der Waals surface area contributed by atoms with Gasteiger partial charge in [0.15, 0.2) is 6.29 Å². The highest BCUT2D eigenvalue weighted by atomic mass is 31.1. The maximum absolute atomic E-state index is 6.23. The molecule has 1 aliphatic heterocycles. The summed E-state index contributed by atoms with van der Waals surface area (Å²) in [7, 11) is 1.09. The van der Waals surface area contributed by atoms with Gasteiger partial charge in [-0.25, -0.2) is 0 Å². The summed E-state index contributed by atoms with van der Waals surface area (Å²) in [6.45, 7) is 1.33. The Morgan fingerprint density at radius 3 is 2.30 bits per heavy atom. The topological polar surface area (TPSA) is 27.7 Å². The lowest BCUT2D eigenvalue weighted by molar-refractivity contribution is -0.230. The Labute approximate surface area is 162 Å². The van der Waals surface area contributed by atoms with E-state index in [1.165, 1.54) is 15.9 Å². The van der Waals surface area contributed by atoms with Gasteiger partial charge in [-0.05, 0) is 30.3 Å². The lowest BCUT2D eigenvalue weighted by atomic mass is 10.1. The third-order valence-electron chi connectivity index (χ3n) is 4.91. The van der Waals surface area contributed by atoms with Crippen molar-refractivity contribution in [1.29, 1.82) is 0 Å². The molecule has 2 aromatic rings. The Morgan fingerprint density at radius 2 is 1.67 bits per heavy atom. The normalized spacial score (nSPS) is 25.0. The van der Waals surface area contributed by atoms with Crippen molar-refractivity contribution in [3.05, 3.63) is 84.2 Å². The second kappa shape index (κ2) is 8.95. The van der Waals surface area contributed by atoms with Gasteiger partial charge < -0.3 is 14.2 Å². The Hall–Kier alpha value is -1.77. The van der Waals surface area contributed by atoms with Crippen molar-refractivity contribution < 1.29 is 14.2 Å². The lowest BCUT2D eigenvalue weighted by Crippen LogP contribution is -2.39. The van der Waals surface area contributed by atoms with Crippen LogP contribution in [0.15, 0.2) is 84.2 Å². The maximum atomic E-state index is 6.23. The highest BCUT2D eigenvalue weighted by Gasteiger charge is 2.35. The Bertz CT molecular complexity index is 746. The van der Waals surface area contributed by atoms with Gasteiger partial charge in [0.25, 0.3) is 0 Å². The van der Waals surface area contributed by atoms with Crippen molar-refractivity contribution in [3.63, 3.8) is 0 Å². The van der Waals surface area contributed by atoms with Crippen molar-refractivity contribution in [1.82, 2.24) is 0 Å². The standard InChI is InChI=1S/C23H25O3P/c1-24-17-18-15-16-25-23(26-18)21-13-8-14-22(21)27(19-9-4-2-5-10-19)20-11-6-3-7-12-20/h2-14,18,21,23H,15-17H2,1H3/t18-,21?,23-/m0/s1. The van der Waals surface area contributed by atoms with Gasteiger partial charge in [0, 0.05) is 7.11 Å². The molecule has 1 saturated heterocycles. The molecular weight excluding hydrogens is 355 g/mol. The smallest absolute Gasteiger partial charge is 0.168 e. The first kappa shape index (κ1) is 18.6. The van der Waals surface area contributed by atoms with Crippen LogP contribution in [0, 0.1) is 5.92 Å². The third-order valence-corrected chi connectivity index (χ3v) is 7.50. The largest absolute Gasteiger partial charge is 0.382 e. The van der Waals surface area contributed by atoms with Gasteiger partial charge in [-0.2, -0.15) is 0 Å². The van der Waals surface area contributed by atoms with Crippen LogP contribution in [0.5, 0.6) is 0 Å². The van der Waals surface area contributed by atoms with E-state index in [1.54, 1.807) is 7.11 Å². The van der Waals surface area contributed by atoms with Crippen LogP contribution < -0.4 is 10.6 Å². The van der Waals surface area contributed by atoms with Gasteiger partial charge in [-0.15, -0.1) is 0 Å². The van der Waals surface area contributed by atoms with Crippen LogP contribution in [-0.4, -0.2) is 32.7 Å². The van der Waals surface area contributed by atoms with E-state index >= 15 is 0 Å². The van der Waals surface area contributed by atoms with Gasteiger partial charge in [0.1, 0.15) is 0 Å². The predicted octanol–water partition coefficient (Wildman–Crippen LogP) is 3.97. The summed E-state index contributed by atoms with van der Waals surface area (Å²) in [5, 5.41) is 4.08. The first-order chi connectivity index (χ1) is 13.4. The average molecular weight is 380 g/mol. The van der Waals surface area contributed by atoms with Gasteiger partial charge in [-0.3, -0.25) is 0 Å². The van der Waals surface area contributed by atoms with Crippen LogP contribution in [0.3, 0.4) is 0 Å². The van der Waals surface area contributed by atoms with E-state index in [-0.39, 0.29) is 18.3 Å². The fourth-order valence-corrected chi connectivity index (χ4v) is 6.22. The minimum atomic E-state index is -0.631. The summed E-state index contributed by atoms with van der Waals surface area (Å²) in [5.41, 5.74) is 0. The molecule has 4 heteroatoms. The highest BCUT2D eigenvalue weighted by Crippen LogP contribution is 2.50. The molecule has 4 rings (SSSR count). The fourth-order valence-electron chi connectivity index (χ4n) is 3.65. The van der Waals surface area contributed by atoms with E-state index in [2.05, 4.69) is 78.9 Å². The SMILES string of the molecule is COC[C@@H]1CCO[C@H](C2C=CC=C2P(c2ccccc2)c2ccccc2)O1. The number of allylic oxidation sites excluding steroid dienone is 2. The average Bonchev–Trinajstić information content (AvgIpc) is 3.20. The monoisotopic (exact) mass is 380 g/mol. The molecule has 2 aliphatic rings. The zero-order valence-electron chi connectivity index (χ0n) is 15.5. The van der Waals surface area contributed by atoms with Crippen LogP contribution >= 0.6 is 7.92 Å². The van der Waals surface area contributed by atoms with Crippen molar-refractivity contribution in [2.45, 2.75) is 18.8 Å². The molecule has 1 aliphatic carbocycles. The molecule has 0 N–H and O–H groups in total. The Balaban J connectivity index is 1.64. The molecule has 3 atom stereocenters. The van der Waals surface area contributed by atoms with Crippen molar-refractivity contribution in [2.24, 2.45) is 5.92 Å². The number of ether oxygens (including phenoxy) is 3. The van der Waals surface area contributed by atoms with Crippen LogP contribution in [0.1, 0.15) is 6.42 Å². The molecule has 1 unspecified atom stereocenters. The first-order valence-electron chi connectivity index (χ1n) is 9.41. The second-order valence-electron chi connectivity index (χ2n) is 6.75. The summed E-state index contributed by atoms with van der Waals surface area (Å²) in [5.74, 6) is 0.135. The van der Waals surface area contributed by atoms with Crippen molar-refractivity contribution >= 4 is 18.5 Å². The minimum absolute atomic E-state index is 0.101. The predicted molar refractivity (Wildman–Crippen MR) is 111 cm³/mol. The zero-order valence-corrected chi connectivity index (χ0v) is 16.4. The van der Waals surface area contributed by atoms with Crippen LogP contribution in [0.25, 0.3) is 0 Å². The lowest BCUT2D eigenvalue weighted by Gasteiger charge is -2.35. The molecule has 1 heterocycles. The molecule has 0 radical (unpaired) electrons. The van der Waals surface area contributed by atoms with E-state index in [0.717, 1.165) is 6.42 Å². The molecule has 2 aromatic carbocycles. The third kappa shape index (κ3) is 4.23. The summed E-state index contributed by atoms with van der Waals surface area (Å²) in [4.78, 5) is 0. The molecule has 3 nitrogen and oxygen atoms in total. The molecule has 0 bridgehead atoms. The van der Waals surface area contributed by atoms with Gasteiger partial charge in [0.2, 0.25) is 0 Å². The van der Waals surface area contributed by atoms with Crippen LogP contribution in [0.4, 0.5) is 0 Å². The van der Waals surface area contributed by atoms with Gasteiger partial charge in [-0.1, -0.05) is 78.9 Å². The van der Waals surface area contributed by atoms with E-state index in [4.69, 9.17) is 14.2 Å². The number of benzene rings is 2. The van der Waals surface area contributed by atoms with E-state index < -0.39 is 7.92 Å². The Kier molecular flexibility index (Phi) is 6.16. The van der Waals surface area contributed by atoms with E-state index in [0.29, 0.717) is 13.2 Å². The molecule has 0 spiro atoms. The molecule has 0 aromatic heterocycles. The molecule has 140 valence electrons. The number of hydrogen-bond donors (Lipinski definition) is 0. The number of rotatable bonds is 6. The maximum Gasteiger partial charge on any atom is 0.168 e. The van der Waals surface area contributed by atoms with Crippen LogP contribution in [-0.2, 0) is 14.2 Å². The second-order valence-corrected chi connectivity index (χ2v) is 8.97. The molecule has 1 fully saturated rings. The zero-order chi connectivity index (χ0) is 18.5. The molecule has 0 saturated carbocycles. The first-order valence-corrected chi connectivity index (χ1v) is 10.8. The quantitative estimate of drug-likeness (QED) is 0.710. The molecule has 0 amide bonds. The van der Waals surface area contributed by atoms with E-state index in [1.807, 2.05) is 0 Å². The highest BCUT2D eigenvalue weighted by molar-refractivity contribution is 7.76. The summed E-state index contributed by atoms with van der Waals surface area (Å²) in [6.07, 6.45) is 7.35. The van der Waals surface area contributed by atoms with Gasteiger partial charge >= 0.3 is 0 Å². The number of methoxy groups -OCH3 is 1. The van der Waals surface area contributed by atoms with Crippen molar-refractivity contribution in [2.75, 3.05) is 20.3 Å². The van der Waals surface area contributed by atoms with E-state index in [9.17, 15) is 0 Å². The molecular formula is C23H25O3P. The summed E-state index contributed by atoms with van der Waals surface area (Å²) >= 11 is 0. The number of hydrogen-bond acceptors (Lipinski definition) is 3. The van der Waals surface area contributed by atoms with Gasteiger partial charge in [0.05, 0.1) is 25.2 Å². The molecule has 27 heavy (non-hydrogen) atoms. The minimum Gasteiger partial charge on any atom is -0.382 e.